The number of hydrogen-bond acceptors (Lipinski definition) is 8. The minimum atomic E-state index is -4.50. The fourth-order valence-electron chi connectivity index (χ4n) is 5.97. The number of fused-ring (bicyclic) bond motifs is 2. The van der Waals surface area contributed by atoms with E-state index in [1.165, 1.54) is 18.0 Å². The van der Waals surface area contributed by atoms with Gasteiger partial charge in [0.05, 0.1) is 35.9 Å². The molecule has 40 heavy (non-hydrogen) atoms. The van der Waals surface area contributed by atoms with Crippen LogP contribution < -0.4 is 10.6 Å². The first kappa shape index (κ1) is 26.9. The number of carbonyl (C=O) groups is 1. The van der Waals surface area contributed by atoms with Crippen molar-refractivity contribution in [3.8, 4) is 0 Å². The number of rotatable bonds is 7. The van der Waals surface area contributed by atoms with Crippen molar-refractivity contribution in [3.05, 3.63) is 59.7 Å². The monoisotopic (exact) mass is 556 g/mol. The first-order valence-corrected chi connectivity index (χ1v) is 13.6. The molecule has 12 heteroatoms. The molecule has 3 atom stereocenters. The van der Waals surface area contributed by atoms with Crippen LogP contribution in [0, 0.1) is 0 Å². The second-order valence-electron chi connectivity index (χ2n) is 10.6. The van der Waals surface area contributed by atoms with E-state index in [1.807, 2.05) is 12.3 Å². The standard InChI is InChI=1S/C28H31F3N6O3/c29-28(30,31)18-2-3-22-20(11-18)27(35-16-34-22)33-13-26(38)36-23-14-37(19-6-9-39-10-7-19)15-25(23)40-24-4-1-17-5-8-32-12-21(17)24/h2-3,5,8,11-12,16,19,23-25H,1,4,6-7,9-10,13-15H2,(H,36,38)(H,33,34,35)/t23?,24?,25-/m0/s1. The van der Waals surface area contributed by atoms with E-state index in [0.717, 1.165) is 56.6 Å². The molecule has 1 aromatic carbocycles. The molecule has 0 bridgehead atoms. The van der Waals surface area contributed by atoms with E-state index < -0.39 is 11.7 Å². The maximum atomic E-state index is 13.3. The highest BCUT2D eigenvalue weighted by atomic mass is 19.4. The molecular weight excluding hydrogens is 525 g/mol. The van der Waals surface area contributed by atoms with Gasteiger partial charge in [-0.05, 0) is 55.5 Å². The second kappa shape index (κ2) is 11.3. The van der Waals surface area contributed by atoms with E-state index in [0.29, 0.717) is 24.6 Å². The van der Waals surface area contributed by atoms with Crippen LogP contribution in [0.3, 0.4) is 0 Å². The molecule has 4 heterocycles. The van der Waals surface area contributed by atoms with Crippen molar-refractivity contribution in [2.75, 3.05) is 38.2 Å². The molecule has 2 saturated heterocycles. The highest BCUT2D eigenvalue weighted by Crippen LogP contribution is 2.36. The summed E-state index contributed by atoms with van der Waals surface area (Å²) in [6, 6.07) is 5.43. The number of halogens is 3. The zero-order chi connectivity index (χ0) is 27.7. The third kappa shape index (κ3) is 5.74. The van der Waals surface area contributed by atoms with Gasteiger partial charge in [0.15, 0.2) is 0 Å². The maximum absolute atomic E-state index is 13.3. The molecule has 2 aliphatic heterocycles. The summed E-state index contributed by atoms with van der Waals surface area (Å²) in [5.74, 6) is -0.121. The second-order valence-corrected chi connectivity index (χ2v) is 10.6. The molecule has 1 aliphatic carbocycles. The molecule has 2 aromatic heterocycles. The lowest BCUT2D eigenvalue weighted by Crippen LogP contribution is -2.46. The quantitative estimate of drug-likeness (QED) is 0.456. The highest BCUT2D eigenvalue weighted by molar-refractivity contribution is 5.91. The van der Waals surface area contributed by atoms with Gasteiger partial charge in [0.1, 0.15) is 12.1 Å². The lowest BCUT2D eigenvalue weighted by molar-refractivity contribution is -0.137. The Balaban J connectivity index is 1.14. The molecule has 2 fully saturated rings. The highest BCUT2D eigenvalue weighted by Gasteiger charge is 2.40. The van der Waals surface area contributed by atoms with Gasteiger partial charge in [0, 0.05) is 55.7 Å². The number of aryl methyl sites for hydroxylation is 1. The number of nitrogens with one attached hydrogen (secondary N) is 2. The Morgan fingerprint density at radius 1 is 1.12 bits per heavy atom. The predicted octanol–water partition coefficient (Wildman–Crippen LogP) is 3.51. The van der Waals surface area contributed by atoms with Crippen LogP contribution in [0.5, 0.6) is 0 Å². The number of nitrogens with zero attached hydrogens (tertiary/aromatic N) is 4. The van der Waals surface area contributed by atoms with Gasteiger partial charge in [-0.1, -0.05) is 0 Å². The SMILES string of the molecule is O=C(CNc1ncnc2ccc(C(F)(F)F)cc12)NC1CN(C2CCOCC2)C[C@@H]1OC1CCc2ccncc21. The average Bonchev–Trinajstić information content (AvgIpc) is 3.56. The number of aromatic nitrogens is 3. The Morgan fingerprint density at radius 3 is 2.80 bits per heavy atom. The van der Waals surface area contributed by atoms with Crippen molar-refractivity contribution < 1.29 is 27.4 Å². The lowest BCUT2D eigenvalue weighted by Gasteiger charge is -2.31. The molecule has 0 saturated carbocycles. The third-order valence-corrected chi connectivity index (χ3v) is 8.04. The number of likely N-dealkylation sites (tertiary alicyclic amines) is 1. The molecule has 3 aliphatic rings. The van der Waals surface area contributed by atoms with Crippen LogP contribution >= 0.6 is 0 Å². The molecule has 0 radical (unpaired) electrons. The van der Waals surface area contributed by atoms with Gasteiger partial charge in [-0.25, -0.2) is 9.97 Å². The lowest BCUT2D eigenvalue weighted by atomic mass is 10.1. The number of hydrogen-bond donors (Lipinski definition) is 2. The molecule has 212 valence electrons. The number of carbonyl (C=O) groups excluding carboxylic acids is 1. The van der Waals surface area contributed by atoms with Crippen molar-refractivity contribution in [2.45, 2.75) is 56.2 Å². The molecular formula is C28H31F3N6O3. The minimum absolute atomic E-state index is 0.0731. The summed E-state index contributed by atoms with van der Waals surface area (Å²) in [6.07, 6.45) is 3.82. The van der Waals surface area contributed by atoms with Crippen LogP contribution in [0.15, 0.2) is 43.0 Å². The van der Waals surface area contributed by atoms with Crippen molar-refractivity contribution in [3.63, 3.8) is 0 Å². The number of anilines is 1. The fraction of sp³-hybridized carbons (Fsp3) is 0.500. The summed E-state index contributed by atoms with van der Waals surface area (Å²) in [5, 5.41) is 6.22. The van der Waals surface area contributed by atoms with Gasteiger partial charge >= 0.3 is 6.18 Å². The van der Waals surface area contributed by atoms with Crippen molar-refractivity contribution >= 4 is 22.6 Å². The number of alkyl halides is 3. The molecule has 0 spiro atoms. The van der Waals surface area contributed by atoms with Crippen LogP contribution in [-0.4, -0.2) is 76.8 Å². The van der Waals surface area contributed by atoms with Gasteiger partial charge < -0.3 is 20.1 Å². The topological polar surface area (TPSA) is 102 Å². The molecule has 3 aromatic rings. The van der Waals surface area contributed by atoms with Gasteiger partial charge in [-0.2, -0.15) is 13.2 Å². The first-order valence-electron chi connectivity index (χ1n) is 13.6. The van der Waals surface area contributed by atoms with Crippen molar-refractivity contribution in [1.29, 1.82) is 0 Å². The van der Waals surface area contributed by atoms with Gasteiger partial charge in [-0.3, -0.25) is 14.7 Å². The van der Waals surface area contributed by atoms with E-state index in [9.17, 15) is 18.0 Å². The van der Waals surface area contributed by atoms with E-state index >= 15 is 0 Å². The summed E-state index contributed by atoms with van der Waals surface area (Å²) in [6.45, 7) is 2.64. The van der Waals surface area contributed by atoms with Crippen LogP contribution in [-0.2, 0) is 26.9 Å². The van der Waals surface area contributed by atoms with E-state index in [-0.39, 0.29) is 41.9 Å². The fourth-order valence-corrected chi connectivity index (χ4v) is 5.97. The smallest absolute Gasteiger partial charge is 0.381 e. The Bertz CT molecular complexity index is 1370. The normalized spacial score (nSPS) is 23.8. The third-order valence-electron chi connectivity index (χ3n) is 8.04. The summed E-state index contributed by atoms with van der Waals surface area (Å²) >= 11 is 0. The summed E-state index contributed by atoms with van der Waals surface area (Å²) < 4.78 is 52.0. The van der Waals surface area contributed by atoms with Crippen LogP contribution in [0.4, 0.5) is 19.0 Å². The van der Waals surface area contributed by atoms with E-state index in [2.05, 4.69) is 30.5 Å². The molecule has 2 unspecified atom stereocenters. The number of pyridine rings is 1. The van der Waals surface area contributed by atoms with E-state index in [1.54, 1.807) is 6.20 Å². The minimum Gasteiger partial charge on any atom is -0.381 e. The zero-order valence-corrected chi connectivity index (χ0v) is 21.9. The summed E-state index contributed by atoms with van der Waals surface area (Å²) in [5.41, 5.74) is 1.90. The van der Waals surface area contributed by atoms with Crippen LogP contribution in [0.1, 0.15) is 42.1 Å². The predicted molar refractivity (Wildman–Crippen MR) is 141 cm³/mol. The molecule has 1 amide bonds. The van der Waals surface area contributed by atoms with E-state index in [4.69, 9.17) is 9.47 Å². The van der Waals surface area contributed by atoms with Gasteiger partial charge in [0.25, 0.3) is 0 Å². The molecule has 9 nitrogen and oxygen atoms in total. The number of benzene rings is 1. The molecule has 2 N–H and O–H groups in total. The van der Waals surface area contributed by atoms with Crippen LogP contribution in [0.25, 0.3) is 10.9 Å². The largest absolute Gasteiger partial charge is 0.416 e. The average molecular weight is 557 g/mol. The maximum Gasteiger partial charge on any atom is 0.416 e. The Morgan fingerprint density at radius 2 is 1.98 bits per heavy atom. The Kier molecular flexibility index (Phi) is 7.56. The number of amides is 1. The Labute approximate surface area is 229 Å². The Hall–Kier alpha value is -3.35. The van der Waals surface area contributed by atoms with Crippen LogP contribution in [0.2, 0.25) is 0 Å². The summed E-state index contributed by atoms with van der Waals surface area (Å²) in [7, 11) is 0. The first-order chi connectivity index (χ1) is 19.3. The van der Waals surface area contributed by atoms with Crippen molar-refractivity contribution in [2.24, 2.45) is 0 Å². The van der Waals surface area contributed by atoms with Gasteiger partial charge in [-0.15, -0.1) is 0 Å². The summed E-state index contributed by atoms with van der Waals surface area (Å²) in [4.78, 5) is 27.9. The number of ether oxygens (including phenoxy) is 2. The van der Waals surface area contributed by atoms with Crippen molar-refractivity contribution in [1.82, 2.24) is 25.2 Å². The zero-order valence-electron chi connectivity index (χ0n) is 21.9. The van der Waals surface area contributed by atoms with Gasteiger partial charge in [0.2, 0.25) is 5.91 Å². The molecule has 6 rings (SSSR count).